The van der Waals surface area contributed by atoms with E-state index in [2.05, 4.69) is 15.5 Å². The number of thiophene rings is 1. The van der Waals surface area contributed by atoms with Gasteiger partial charge in [-0.2, -0.15) is 26.3 Å². The number of nitrogens with two attached hydrogens (primary N) is 1. The van der Waals surface area contributed by atoms with E-state index in [1.54, 1.807) is 14.7 Å². The van der Waals surface area contributed by atoms with Crippen LogP contribution in [0.4, 0.5) is 42.5 Å². The van der Waals surface area contributed by atoms with Crippen molar-refractivity contribution in [3.63, 3.8) is 0 Å². The number of urea groups is 1. The van der Waals surface area contributed by atoms with Gasteiger partial charge in [0.25, 0.3) is 0 Å². The Hall–Kier alpha value is -3.57. The van der Waals surface area contributed by atoms with Crippen molar-refractivity contribution in [2.24, 2.45) is 5.92 Å². The number of hydrogen-bond donors (Lipinski definition) is 3. The Morgan fingerprint density at radius 3 is 2.08 bits per heavy atom. The Morgan fingerprint density at radius 2 is 1.47 bits per heavy atom. The molecule has 4 N–H and O–H groups in total. The van der Waals surface area contributed by atoms with Crippen molar-refractivity contribution < 1.29 is 40.7 Å². The number of anilines is 2. The zero-order valence-electron chi connectivity index (χ0n) is 28.1. The molecule has 3 saturated heterocycles. The molecule has 280 valence electrons. The molecule has 51 heavy (non-hydrogen) atoms. The summed E-state index contributed by atoms with van der Waals surface area (Å²) in [7, 11) is 0. The largest absolute Gasteiger partial charge is 0.418 e. The molecule has 4 aliphatic rings. The number of halogens is 6. The third-order valence-electron chi connectivity index (χ3n) is 10.7. The van der Waals surface area contributed by atoms with Gasteiger partial charge in [-0.05, 0) is 80.3 Å². The second-order valence-electron chi connectivity index (χ2n) is 13.8. The fraction of sp³-hybridized carbons (Fsp3) is 0.618. The van der Waals surface area contributed by atoms with E-state index in [0.717, 1.165) is 37.2 Å². The van der Waals surface area contributed by atoms with Gasteiger partial charge in [-0.3, -0.25) is 14.5 Å². The predicted molar refractivity (Wildman–Crippen MR) is 180 cm³/mol. The molecule has 6 rings (SSSR count). The Balaban J connectivity index is 1.17. The lowest BCUT2D eigenvalue weighted by Gasteiger charge is -2.42. The maximum atomic E-state index is 14.0. The Kier molecular flexibility index (Phi) is 11.1. The lowest BCUT2D eigenvalue weighted by atomic mass is 9.90. The van der Waals surface area contributed by atoms with Gasteiger partial charge in [-0.1, -0.05) is 0 Å². The average molecular weight is 744 g/mol. The van der Waals surface area contributed by atoms with Gasteiger partial charge in [0.1, 0.15) is 0 Å². The van der Waals surface area contributed by atoms with Crippen molar-refractivity contribution in [1.82, 2.24) is 24.9 Å². The van der Waals surface area contributed by atoms with Crippen molar-refractivity contribution >= 4 is 40.6 Å². The molecule has 0 spiro atoms. The summed E-state index contributed by atoms with van der Waals surface area (Å²) in [6.07, 6.45) is -7.59. The lowest BCUT2D eigenvalue weighted by molar-refractivity contribution is -0.143. The topological polar surface area (TPSA) is 114 Å². The van der Waals surface area contributed by atoms with Crippen LogP contribution >= 0.6 is 11.3 Å². The highest BCUT2D eigenvalue weighted by molar-refractivity contribution is 7.08. The second kappa shape index (κ2) is 15.2. The number of carbonyl (C=O) groups is 3. The third kappa shape index (κ3) is 8.57. The number of benzene rings is 1. The first-order valence-corrected chi connectivity index (χ1v) is 18.3. The molecule has 1 aromatic heterocycles. The summed E-state index contributed by atoms with van der Waals surface area (Å²) >= 11 is 1.52. The highest BCUT2D eigenvalue weighted by atomic mass is 32.1. The molecular formula is C34H43F6N7O3S. The van der Waals surface area contributed by atoms with Gasteiger partial charge in [-0.15, -0.1) is 11.3 Å². The number of rotatable bonds is 7. The molecule has 2 aromatic rings. The van der Waals surface area contributed by atoms with Gasteiger partial charge in [0, 0.05) is 69.7 Å². The van der Waals surface area contributed by atoms with Crippen molar-refractivity contribution in [3.8, 4) is 0 Å². The number of alkyl halides is 6. The number of likely N-dealkylation sites (tertiary alicyclic amines) is 1. The van der Waals surface area contributed by atoms with Gasteiger partial charge in [0.15, 0.2) is 0 Å². The normalized spacial score (nSPS) is 20.9. The Morgan fingerprint density at radius 1 is 0.843 bits per heavy atom. The van der Waals surface area contributed by atoms with Crippen molar-refractivity contribution in [1.29, 1.82) is 0 Å². The molecule has 0 aliphatic carbocycles. The van der Waals surface area contributed by atoms with Crippen LogP contribution in [0.5, 0.6) is 0 Å². The number of fused-ring (bicyclic) bond motifs is 1. The number of carbonyl (C=O) groups excluding carboxylic acids is 3. The summed E-state index contributed by atoms with van der Waals surface area (Å²) in [5.74, 6) is -2.08. The number of nitrogens with one attached hydrogen (secondary N) is 2. The zero-order valence-corrected chi connectivity index (χ0v) is 28.9. The van der Waals surface area contributed by atoms with Crippen LogP contribution in [0, 0.1) is 5.92 Å². The van der Waals surface area contributed by atoms with Crippen molar-refractivity contribution in [2.75, 3.05) is 70.0 Å². The van der Waals surface area contributed by atoms with E-state index in [1.165, 1.54) is 11.3 Å². The van der Waals surface area contributed by atoms with E-state index in [0.29, 0.717) is 83.3 Å². The first-order valence-electron chi connectivity index (χ1n) is 17.4. The molecule has 3 fully saturated rings. The quantitative estimate of drug-likeness (QED) is 0.275. The minimum Gasteiger partial charge on any atom is -0.398 e. The molecular weight excluding hydrogens is 700 g/mol. The molecule has 10 nitrogen and oxygen atoms in total. The van der Waals surface area contributed by atoms with Crippen LogP contribution in [0.15, 0.2) is 22.9 Å². The van der Waals surface area contributed by atoms with E-state index in [1.807, 2.05) is 10.8 Å². The van der Waals surface area contributed by atoms with Crippen molar-refractivity contribution in [3.05, 3.63) is 45.1 Å². The van der Waals surface area contributed by atoms with E-state index >= 15 is 0 Å². The standard InChI is InChI=1S/C34H43F6N7O3S/c35-33(36,37)26-16-21(17-27(30(26)41)34(38,39)40)15-23(31(49)46-13-11-44(12-14-46)24-1-6-42-7-2-24)18-29(48)45-8-4-25(5-9-45)47-10-3-22-19-51-20-28(22)43-32(47)50/h16-17,19-20,23-25,42H,1-15,18,41H2,(H,43,50)/t23-/m0/s1. The second-order valence-corrected chi connectivity index (χ2v) is 14.6. The number of hydrogen-bond acceptors (Lipinski definition) is 7. The van der Waals surface area contributed by atoms with Crippen LogP contribution in [-0.4, -0.2) is 108 Å². The van der Waals surface area contributed by atoms with Crippen LogP contribution in [0.1, 0.15) is 54.4 Å². The monoisotopic (exact) mass is 743 g/mol. The van der Waals surface area contributed by atoms with E-state index in [4.69, 9.17) is 5.73 Å². The zero-order chi connectivity index (χ0) is 36.5. The Labute approximate surface area is 296 Å². The molecule has 0 radical (unpaired) electrons. The highest BCUT2D eigenvalue weighted by Crippen LogP contribution is 2.42. The third-order valence-corrected chi connectivity index (χ3v) is 11.5. The number of piperidine rings is 2. The molecule has 4 aliphatic heterocycles. The lowest BCUT2D eigenvalue weighted by Crippen LogP contribution is -2.55. The first kappa shape index (κ1) is 37.2. The highest BCUT2D eigenvalue weighted by Gasteiger charge is 2.42. The van der Waals surface area contributed by atoms with E-state index < -0.39 is 53.3 Å². The summed E-state index contributed by atoms with van der Waals surface area (Å²) in [6, 6.07) is 1.16. The number of nitrogen functional groups attached to an aromatic ring is 1. The van der Waals surface area contributed by atoms with Crippen LogP contribution in [0.25, 0.3) is 0 Å². The fourth-order valence-corrected chi connectivity index (χ4v) is 8.66. The molecule has 4 amide bonds. The molecule has 1 aromatic carbocycles. The maximum absolute atomic E-state index is 14.0. The van der Waals surface area contributed by atoms with Gasteiger partial charge in [-0.25, -0.2) is 4.79 Å². The van der Waals surface area contributed by atoms with Crippen LogP contribution in [0.2, 0.25) is 0 Å². The summed E-state index contributed by atoms with van der Waals surface area (Å²) in [6.45, 7) is 4.75. The maximum Gasteiger partial charge on any atom is 0.418 e. The van der Waals surface area contributed by atoms with Gasteiger partial charge in [0.05, 0.1) is 28.4 Å². The van der Waals surface area contributed by atoms with Crippen LogP contribution in [0.3, 0.4) is 0 Å². The fourth-order valence-electron chi connectivity index (χ4n) is 7.84. The summed E-state index contributed by atoms with van der Waals surface area (Å²) < 4.78 is 83.2. The summed E-state index contributed by atoms with van der Waals surface area (Å²) in [5, 5.41) is 10.2. The number of nitrogens with zero attached hydrogens (tertiary/aromatic N) is 4. The minimum atomic E-state index is -5.17. The molecule has 0 saturated carbocycles. The van der Waals surface area contributed by atoms with Crippen LogP contribution in [-0.2, 0) is 34.8 Å². The number of piperazine rings is 1. The Bertz CT molecular complexity index is 1540. The smallest absolute Gasteiger partial charge is 0.398 e. The van der Waals surface area contributed by atoms with E-state index in [9.17, 15) is 40.7 Å². The molecule has 5 heterocycles. The first-order chi connectivity index (χ1) is 24.2. The van der Waals surface area contributed by atoms with Gasteiger partial charge >= 0.3 is 18.4 Å². The average Bonchev–Trinajstić information content (AvgIpc) is 3.47. The predicted octanol–water partition coefficient (Wildman–Crippen LogP) is 4.89. The molecule has 17 heteroatoms. The molecule has 0 bridgehead atoms. The number of amides is 4. The summed E-state index contributed by atoms with van der Waals surface area (Å²) in [5.41, 5.74) is 2.18. The van der Waals surface area contributed by atoms with Crippen molar-refractivity contribution in [2.45, 2.75) is 69.4 Å². The van der Waals surface area contributed by atoms with E-state index in [-0.39, 0.29) is 24.1 Å². The molecule has 1 atom stereocenters. The van der Waals surface area contributed by atoms with Gasteiger partial charge in [0.2, 0.25) is 11.8 Å². The summed E-state index contributed by atoms with van der Waals surface area (Å²) in [4.78, 5) is 48.0. The molecule has 0 unspecified atom stereocenters. The van der Waals surface area contributed by atoms with Crippen LogP contribution < -0.4 is 16.4 Å². The SMILES string of the molecule is Nc1c(C(F)(F)F)cc(C[C@@H](CC(=O)N2CCC(N3CCc4cscc4NC3=O)CC2)C(=O)N2CCN(C3CCNCC3)CC2)cc1C(F)(F)F. The van der Waals surface area contributed by atoms with Gasteiger partial charge < -0.3 is 31.1 Å². The minimum absolute atomic E-state index is 0.119.